The molecule has 150 valence electrons. The fraction of sp³-hybridized carbons (Fsp3) is 0.263. The third-order valence-electron chi connectivity index (χ3n) is 3.88. The number of esters is 1. The van der Waals surface area contributed by atoms with E-state index >= 15 is 0 Å². The highest BCUT2D eigenvalue weighted by molar-refractivity contribution is 7.89. The van der Waals surface area contributed by atoms with Crippen LogP contribution < -0.4 is 9.46 Å². The van der Waals surface area contributed by atoms with Crippen molar-refractivity contribution in [1.29, 1.82) is 0 Å². The molecular formula is C19H20FNO6S. The van der Waals surface area contributed by atoms with Gasteiger partial charge in [0.15, 0.2) is 24.0 Å². The van der Waals surface area contributed by atoms with Gasteiger partial charge in [0.25, 0.3) is 0 Å². The molecule has 0 aromatic heterocycles. The SMILES string of the molecule is CCNS(=O)(=O)c1ccc(C)c(C(=O)OCC(=O)c2ccc(OC)c(F)c2)c1. The van der Waals surface area contributed by atoms with Gasteiger partial charge in [-0.3, -0.25) is 4.79 Å². The van der Waals surface area contributed by atoms with Gasteiger partial charge >= 0.3 is 5.97 Å². The average molecular weight is 409 g/mol. The molecule has 0 heterocycles. The molecule has 2 aromatic rings. The molecule has 0 amide bonds. The molecule has 0 aliphatic rings. The van der Waals surface area contributed by atoms with E-state index in [0.717, 1.165) is 6.07 Å². The summed E-state index contributed by atoms with van der Waals surface area (Å²) in [7, 11) is -2.45. The van der Waals surface area contributed by atoms with Crippen LogP contribution in [0.5, 0.6) is 5.75 Å². The van der Waals surface area contributed by atoms with Gasteiger partial charge in [0.2, 0.25) is 10.0 Å². The highest BCUT2D eigenvalue weighted by Crippen LogP contribution is 2.19. The molecule has 0 spiro atoms. The molecule has 0 bridgehead atoms. The number of nitrogens with one attached hydrogen (secondary N) is 1. The van der Waals surface area contributed by atoms with Crippen LogP contribution in [-0.2, 0) is 14.8 Å². The zero-order valence-corrected chi connectivity index (χ0v) is 16.4. The number of rotatable bonds is 8. The summed E-state index contributed by atoms with van der Waals surface area (Å²) in [4.78, 5) is 24.4. The highest BCUT2D eigenvalue weighted by atomic mass is 32.2. The lowest BCUT2D eigenvalue weighted by molar-refractivity contribution is 0.0473. The van der Waals surface area contributed by atoms with Crippen LogP contribution in [0, 0.1) is 12.7 Å². The number of methoxy groups -OCH3 is 1. The van der Waals surface area contributed by atoms with Gasteiger partial charge in [-0.2, -0.15) is 0 Å². The smallest absolute Gasteiger partial charge is 0.338 e. The first-order chi connectivity index (χ1) is 13.2. The number of carbonyl (C=O) groups is 2. The maximum absolute atomic E-state index is 13.7. The minimum atomic E-state index is -3.75. The molecule has 2 aromatic carbocycles. The van der Waals surface area contributed by atoms with Crippen molar-refractivity contribution in [2.24, 2.45) is 0 Å². The van der Waals surface area contributed by atoms with Crippen LogP contribution in [0.2, 0.25) is 0 Å². The van der Waals surface area contributed by atoms with Gasteiger partial charge in [-0.15, -0.1) is 0 Å². The van der Waals surface area contributed by atoms with Crippen molar-refractivity contribution < 1.29 is 31.9 Å². The van der Waals surface area contributed by atoms with E-state index in [1.54, 1.807) is 13.8 Å². The molecule has 1 N–H and O–H groups in total. The lowest BCUT2D eigenvalue weighted by atomic mass is 10.1. The summed E-state index contributed by atoms with van der Waals surface area (Å²) in [6.07, 6.45) is 0. The summed E-state index contributed by atoms with van der Waals surface area (Å²) in [6.45, 7) is 2.83. The maximum Gasteiger partial charge on any atom is 0.338 e. The lowest BCUT2D eigenvalue weighted by Gasteiger charge is -2.10. The minimum Gasteiger partial charge on any atom is -0.494 e. The molecule has 0 radical (unpaired) electrons. The van der Waals surface area contributed by atoms with E-state index in [1.165, 1.54) is 37.4 Å². The number of ether oxygens (including phenoxy) is 2. The van der Waals surface area contributed by atoms with E-state index in [4.69, 9.17) is 9.47 Å². The van der Waals surface area contributed by atoms with Crippen molar-refractivity contribution in [3.63, 3.8) is 0 Å². The molecule has 0 aliphatic heterocycles. The topological polar surface area (TPSA) is 98.8 Å². The standard InChI is InChI=1S/C19H20FNO6S/c1-4-21-28(24,25)14-7-5-12(2)15(10-14)19(23)27-11-17(22)13-6-8-18(26-3)16(20)9-13/h5-10,21H,4,11H2,1-3H3. The number of carbonyl (C=O) groups excluding carboxylic acids is 2. The third-order valence-corrected chi connectivity index (χ3v) is 5.42. The van der Waals surface area contributed by atoms with Gasteiger partial charge in [0, 0.05) is 12.1 Å². The van der Waals surface area contributed by atoms with Gasteiger partial charge in [-0.25, -0.2) is 22.3 Å². The van der Waals surface area contributed by atoms with Gasteiger partial charge < -0.3 is 9.47 Å². The Labute approximate surface area is 162 Å². The van der Waals surface area contributed by atoms with Crippen molar-refractivity contribution in [3.05, 3.63) is 58.9 Å². The molecule has 0 aliphatic carbocycles. The first kappa shape index (κ1) is 21.5. The van der Waals surface area contributed by atoms with E-state index < -0.39 is 34.2 Å². The highest BCUT2D eigenvalue weighted by Gasteiger charge is 2.19. The van der Waals surface area contributed by atoms with Crippen molar-refractivity contribution in [3.8, 4) is 5.75 Å². The molecule has 7 nitrogen and oxygen atoms in total. The Morgan fingerprint density at radius 2 is 1.86 bits per heavy atom. The Bertz CT molecular complexity index is 1000. The largest absolute Gasteiger partial charge is 0.494 e. The molecule has 0 atom stereocenters. The molecule has 0 saturated heterocycles. The Morgan fingerprint density at radius 1 is 1.14 bits per heavy atom. The van der Waals surface area contributed by atoms with Gasteiger partial charge in [-0.05, 0) is 42.8 Å². The predicted molar refractivity (Wildman–Crippen MR) is 99.6 cm³/mol. The van der Waals surface area contributed by atoms with Crippen LogP contribution in [0.1, 0.15) is 33.2 Å². The van der Waals surface area contributed by atoms with Crippen molar-refractivity contribution in [2.75, 3.05) is 20.3 Å². The summed E-state index contributed by atoms with van der Waals surface area (Å²) in [5, 5.41) is 0. The number of hydrogen-bond acceptors (Lipinski definition) is 6. The number of hydrogen-bond donors (Lipinski definition) is 1. The number of Topliss-reactive ketones (excluding diaryl/α,β-unsaturated/α-hetero) is 1. The Morgan fingerprint density at radius 3 is 2.46 bits per heavy atom. The number of benzene rings is 2. The van der Waals surface area contributed by atoms with Gasteiger partial charge in [-0.1, -0.05) is 13.0 Å². The van der Waals surface area contributed by atoms with Crippen molar-refractivity contribution in [1.82, 2.24) is 4.72 Å². The molecule has 28 heavy (non-hydrogen) atoms. The minimum absolute atomic E-state index is 0.0112. The molecule has 0 unspecified atom stereocenters. The van der Waals surface area contributed by atoms with E-state index in [-0.39, 0.29) is 28.3 Å². The fourth-order valence-electron chi connectivity index (χ4n) is 2.39. The second kappa shape index (κ2) is 8.94. The van der Waals surface area contributed by atoms with Crippen LogP contribution in [0.15, 0.2) is 41.3 Å². The summed E-state index contributed by atoms with van der Waals surface area (Å²) < 4.78 is 50.0. The number of halogens is 1. The normalized spacial score (nSPS) is 11.1. The summed E-state index contributed by atoms with van der Waals surface area (Å²) >= 11 is 0. The lowest BCUT2D eigenvalue weighted by Crippen LogP contribution is -2.23. The predicted octanol–water partition coefficient (Wildman–Crippen LogP) is 2.48. The first-order valence-electron chi connectivity index (χ1n) is 8.33. The zero-order chi connectivity index (χ0) is 20.9. The van der Waals surface area contributed by atoms with Crippen molar-refractivity contribution >= 4 is 21.8 Å². The Hall–Kier alpha value is -2.78. The monoisotopic (exact) mass is 409 g/mol. The van der Waals surface area contributed by atoms with E-state index in [9.17, 15) is 22.4 Å². The molecule has 9 heteroatoms. The molecular weight excluding hydrogens is 389 g/mol. The first-order valence-corrected chi connectivity index (χ1v) is 9.82. The Balaban J connectivity index is 2.14. The van der Waals surface area contributed by atoms with Gasteiger partial charge in [0.05, 0.1) is 17.6 Å². The molecule has 2 rings (SSSR count). The maximum atomic E-state index is 13.7. The van der Waals surface area contributed by atoms with E-state index in [2.05, 4.69) is 4.72 Å². The molecule has 0 fully saturated rings. The Kier molecular flexibility index (Phi) is 6.87. The number of aryl methyl sites for hydroxylation is 1. The van der Waals surface area contributed by atoms with Crippen LogP contribution >= 0.6 is 0 Å². The van der Waals surface area contributed by atoms with E-state index in [1.807, 2.05) is 0 Å². The molecule has 0 saturated carbocycles. The number of sulfonamides is 1. The summed E-state index contributed by atoms with van der Waals surface area (Å²) in [6, 6.07) is 7.67. The van der Waals surface area contributed by atoms with Crippen molar-refractivity contribution in [2.45, 2.75) is 18.7 Å². The fourth-order valence-corrected chi connectivity index (χ4v) is 3.46. The second-order valence-corrected chi connectivity index (χ2v) is 7.59. The summed E-state index contributed by atoms with van der Waals surface area (Å²) in [5.74, 6) is -2.18. The van der Waals surface area contributed by atoms with Crippen LogP contribution in [-0.4, -0.2) is 40.4 Å². The summed E-state index contributed by atoms with van der Waals surface area (Å²) in [5.41, 5.74) is 0.530. The third kappa shape index (κ3) is 4.93. The number of ketones is 1. The van der Waals surface area contributed by atoms with Crippen LogP contribution in [0.25, 0.3) is 0 Å². The average Bonchev–Trinajstić information content (AvgIpc) is 2.65. The zero-order valence-electron chi connectivity index (χ0n) is 15.6. The van der Waals surface area contributed by atoms with Gasteiger partial charge in [0.1, 0.15) is 0 Å². The quantitative estimate of drug-likeness (QED) is 0.531. The van der Waals surface area contributed by atoms with E-state index in [0.29, 0.717) is 5.56 Å². The van der Waals surface area contributed by atoms with Crippen LogP contribution in [0.3, 0.4) is 0 Å². The van der Waals surface area contributed by atoms with Crippen LogP contribution in [0.4, 0.5) is 4.39 Å². The second-order valence-electron chi connectivity index (χ2n) is 5.83.